The first-order valence-electron chi connectivity index (χ1n) is 11.6. The second-order valence-electron chi connectivity index (χ2n) is 8.74. The Morgan fingerprint density at radius 2 is 1.86 bits per heavy atom. The van der Waals surface area contributed by atoms with Crippen molar-refractivity contribution >= 4 is 16.9 Å². The molecule has 0 bridgehead atoms. The zero-order valence-electron chi connectivity index (χ0n) is 19.6. The topological polar surface area (TPSA) is 73.1 Å². The third-order valence-electron chi connectivity index (χ3n) is 6.52. The molecule has 0 unspecified atom stereocenters. The summed E-state index contributed by atoms with van der Waals surface area (Å²) in [5, 5.41) is 0. The molecule has 0 saturated carbocycles. The number of carbonyl (C=O) groups is 1. The molecule has 2 aromatic heterocycles. The van der Waals surface area contributed by atoms with E-state index in [0.717, 1.165) is 11.0 Å². The molecule has 1 saturated heterocycles. The van der Waals surface area contributed by atoms with Gasteiger partial charge in [0.05, 0.1) is 30.2 Å². The average Bonchev–Trinajstić information content (AvgIpc) is 3.30. The van der Waals surface area contributed by atoms with E-state index in [4.69, 9.17) is 4.74 Å². The summed E-state index contributed by atoms with van der Waals surface area (Å²) in [5.41, 5.74) is 3.26. The van der Waals surface area contributed by atoms with Crippen LogP contribution in [0.5, 0.6) is 5.75 Å². The Morgan fingerprint density at radius 3 is 2.61 bits per heavy atom. The summed E-state index contributed by atoms with van der Waals surface area (Å²) in [6, 6.07) is 14.7. The minimum absolute atomic E-state index is 0.0525. The molecule has 0 radical (unpaired) electrons. The van der Waals surface area contributed by atoms with Gasteiger partial charge < -0.3 is 14.2 Å². The summed E-state index contributed by atoms with van der Waals surface area (Å²) < 4.78 is 47.4. The van der Waals surface area contributed by atoms with Gasteiger partial charge in [-0.3, -0.25) is 4.79 Å². The number of likely N-dealkylation sites (tertiary alicyclic amines) is 1. The van der Waals surface area contributed by atoms with Gasteiger partial charge in [0.25, 0.3) is 0 Å². The SMILES string of the molecule is COc1cccc(-c2cnc(C(F)(F)F)nc2C2CCN(C(=O)Cn3cnc4ccccc43)CC2)c1. The third kappa shape index (κ3) is 4.75. The molecule has 0 N–H and O–H groups in total. The number of benzene rings is 2. The minimum Gasteiger partial charge on any atom is -0.497 e. The molecular formula is C26H24F3N5O2. The lowest BCUT2D eigenvalue weighted by Gasteiger charge is -2.32. The molecule has 7 nitrogen and oxygen atoms in total. The van der Waals surface area contributed by atoms with Crippen LogP contribution in [0.15, 0.2) is 61.1 Å². The van der Waals surface area contributed by atoms with Gasteiger partial charge in [-0.25, -0.2) is 15.0 Å². The quantitative estimate of drug-likeness (QED) is 0.393. The van der Waals surface area contributed by atoms with Gasteiger partial charge in [0, 0.05) is 30.8 Å². The molecule has 1 aliphatic heterocycles. The van der Waals surface area contributed by atoms with Crippen LogP contribution in [0.2, 0.25) is 0 Å². The molecule has 10 heteroatoms. The largest absolute Gasteiger partial charge is 0.497 e. The number of ether oxygens (including phenoxy) is 1. The van der Waals surface area contributed by atoms with Gasteiger partial charge in [-0.2, -0.15) is 13.2 Å². The Labute approximate surface area is 205 Å². The lowest BCUT2D eigenvalue weighted by atomic mass is 9.88. The number of nitrogens with zero attached hydrogens (tertiary/aromatic N) is 5. The van der Waals surface area contributed by atoms with E-state index in [9.17, 15) is 18.0 Å². The monoisotopic (exact) mass is 495 g/mol. The van der Waals surface area contributed by atoms with Crippen LogP contribution in [0.25, 0.3) is 22.2 Å². The maximum Gasteiger partial charge on any atom is 0.451 e. The fourth-order valence-electron chi connectivity index (χ4n) is 4.64. The number of hydrogen-bond acceptors (Lipinski definition) is 5. The summed E-state index contributed by atoms with van der Waals surface area (Å²) in [5.74, 6) is -0.864. The van der Waals surface area contributed by atoms with Crippen LogP contribution in [-0.2, 0) is 17.5 Å². The molecule has 1 aliphatic rings. The lowest BCUT2D eigenvalue weighted by molar-refractivity contribution is -0.145. The first kappa shape index (κ1) is 23.8. The van der Waals surface area contributed by atoms with E-state index in [1.165, 1.54) is 13.3 Å². The summed E-state index contributed by atoms with van der Waals surface area (Å²) in [6.45, 7) is 1.02. The smallest absolute Gasteiger partial charge is 0.451 e. The molecule has 4 aromatic rings. The van der Waals surface area contributed by atoms with Gasteiger partial charge in [0.1, 0.15) is 12.3 Å². The highest BCUT2D eigenvalue weighted by Gasteiger charge is 2.36. The first-order chi connectivity index (χ1) is 17.3. The number of amides is 1. The zero-order chi connectivity index (χ0) is 25.3. The number of carbonyl (C=O) groups excluding carboxylic acids is 1. The van der Waals surface area contributed by atoms with Gasteiger partial charge in [-0.15, -0.1) is 0 Å². The number of hydrogen-bond donors (Lipinski definition) is 0. The fourth-order valence-corrected chi connectivity index (χ4v) is 4.64. The minimum atomic E-state index is -4.65. The molecule has 0 atom stereocenters. The van der Waals surface area contributed by atoms with E-state index in [1.54, 1.807) is 35.5 Å². The number of fused-ring (bicyclic) bond motifs is 1. The van der Waals surface area contributed by atoms with Crippen molar-refractivity contribution in [1.82, 2.24) is 24.4 Å². The van der Waals surface area contributed by atoms with Gasteiger partial charge in [-0.05, 0) is 42.7 Å². The third-order valence-corrected chi connectivity index (χ3v) is 6.52. The molecule has 1 fully saturated rings. The van der Waals surface area contributed by atoms with Crippen LogP contribution in [0.3, 0.4) is 0 Å². The van der Waals surface area contributed by atoms with Crippen molar-refractivity contribution in [1.29, 1.82) is 0 Å². The first-order valence-corrected chi connectivity index (χ1v) is 11.6. The number of rotatable bonds is 5. The second kappa shape index (κ2) is 9.60. The van der Waals surface area contributed by atoms with E-state index in [1.807, 2.05) is 28.8 Å². The zero-order valence-corrected chi connectivity index (χ0v) is 19.6. The molecule has 0 aliphatic carbocycles. The van der Waals surface area contributed by atoms with Crippen LogP contribution in [0.4, 0.5) is 13.2 Å². The Kier molecular flexibility index (Phi) is 6.34. The van der Waals surface area contributed by atoms with E-state index in [0.29, 0.717) is 48.5 Å². The van der Waals surface area contributed by atoms with Crippen LogP contribution in [0, 0.1) is 0 Å². The lowest BCUT2D eigenvalue weighted by Crippen LogP contribution is -2.40. The molecule has 2 aromatic carbocycles. The molecule has 1 amide bonds. The van der Waals surface area contributed by atoms with Gasteiger partial charge in [0.15, 0.2) is 0 Å². The Hall–Kier alpha value is -3.95. The van der Waals surface area contributed by atoms with Gasteiger partial charge in [-0.1, -0.05) is 24.3 Å². The normalized spacial score (nSPS) is 14.8. The van der Waals surface area contributed by atoms with E-state index in [-0.39, 0.29) is 18.4 Å². The number of aromatic nitrogens is 4. The summed E-state index contributed by atoms with van der Waals surface area (Å²) in [6.07, 6.45) is -0.758. The van der Waals surface area contributed by atoms with Crippen LogP contribution >= 0.6 is 0 Å². The maximum atomic E-state index is 13.4. The number of halogens is 3. The number of alkyl halides is 3. The second-order valence-corrected chi connectivity index (χ2v) is 8.74. The van der Waals surface area contributed by atoms with Crippen molar-refractivity contribution in [3.05, 3.63) is 72.6 Å². The van der Waals surface area contributed by atoms with E-state index in [2.05, 4.69) is 15.0 Å². The molecule has 186 valence electrons. The Morgan fingerprint density at radius 1 is 1.08 bits per heavy atom. The van der Waals surface area contributed by atoms with Crippen molar-refractivity contribution in [2.24, 2.45) is 0 Å². The molecule has 36 heavy (non-hydrogen) atoms. The molecule has 0 spiro atoms. The van der Waals surface area contributed by atoms with Crippen molar-refractivity contribution in [2.45, 2.75) is 31.5 Å². The molecule has 3 heterocycles. The van der Waals surface area contributed by atoms with E-state index >= 15 is 0 Å². The van der Waals surface area contributed by atoms with Crippen LogP contribution in [-0.4, -0.2) is 50.5 Å². The number of imidazole rings is 1. The highest BCUT2D eigenvalue weighted by molar-refractivity contribution is 5.80. The highest BCUT2D eigenvalue weighted by Crippen LogP contribution is 2.37. The molecular weight excluding hydrogens is 471 g/mol. The predicted octanol–water partition coefficient (Wildman–Crippen LogP) is 4.93. The summed E-state index contributed by atoms with van der Waals surface area (Å²) >= 11 is 0. The Balaban J connectivity index is 1.36. The maximum absolute atomic E-state index is 13.4. The number of methoxy groups -OCH3 is 1. The van der Waals surface area contributed by atoms with Gasteiger partial charge >= 0.3 is 6.18 Å². The fraction of sp³-hybridized carbons (Fsp3) is 0.308. The van der Waals surface area contributed by atoms with Gasteiger partial charge in [0.2, 0.25) is 11.7 Å². The molecule has 5 rings (SSSR count). The summed E-state index contributed by atoms with van der Waals surface area (Å²) in [4.78, 5) is 26.6. The average molecular weight is 496 g/mol. The van der Waals surface area contributed by atoms with Crippen molar-refractivity contribution in [2.75, 3.05) is 20.2 Å². The number of piperidine rings is 1. The van der Waals surface area contributed by atoms with Crippen molar-refractivity contribution in [3.8, 4) is 16.9 Å². The number of para-hydroxylation sites is 2. The van der Waals surface area contributed by atoms with E-state index < -0.39 is 12.0 Å². The standard InChI is InChI=1S/C26H24F3N5O2/c1-36-19-6-4-5-18(13-19)20-14-30-25(26(27,28)29)32-24(20)17-9-11-33(12-10-17)23(35)15-34-16-31-21-7-2-3-8-22(21)34/h2-8,13-14,16-17H,9-12,15H2,1H3. The predicted molar refractivity (Wildman–Crippen MR) is 127 cm³/mol. The van der Waals surface area contributed by atoms with Crippen LogP contribution < -0.4 is 4.74 Å². The Bertz CT molecular complexity index is 1390. The van der Waals surface area contributed by atoms with Crippen molar-refractivity contribution in [3.63, 3.8) is 0 Å². The van der Waals surface area contributed by atoms with Crippen molar-refractivity contribution < 1.29 is 22.7 Å². The summed E-state index contributed by atoms with van der Waals surface area (Å²) in [7, 11) is 1.53. The highest BCUT2D eigenvalue weighted by atomic mass is 19.4. The van der Waals surface area contributed by atoms with Crippen LogP contribution in [0.1, 0.15) is 30.3 Å².